The van der Waals surface area contributed by atoms with Crippen LogP contribution in [0.15, 0.2) is 83.8 Å². The molecule has 0 spiro atoms. The van der Waals surface area contributed by atoms with Crippen molar-refractivity contribution in [3.8, 4) is 11.1 Å². The van der Waals surface area contributed by atoms with Gasteiger partial charge in [0.25, 0.3) is 0 Å². The van der Waals surface area contributed by atoms with Crippen molar-refractivity contribution in [2.45, 2.75) is 57.7 Å². The first-order valence-electron chi connectivity index (χ1n) is 13.8. The second kappa shape index (κ2) is 12.3. The molecule has 0 radical (unpaired) electrons. The molecule has 1 aromatic heterocycles. The molecule has 41 heavy (non-hydrogen) atoms. The van der Waals surface area contributed by atoms with Crippen molar-refractivity contribution >= 4 is 26.7 Å². The molecule has 212 valence electrons. The van der Waals surface area contributed by atoms with Gasteiger partial charge in [0.15, 0.2) is 0 Å². The first-order valence-corrected chi connectivity index (χ1v) is 15.6. The van der Waals surface area contributed by atoms with E-state index in [2.05, 4.69) is 39.8 Å². The van der Waals surface area contributed by atoms with Gasteiger partial charge < -0.3 is 0 Å². The van der Waals surface area contributed by atoms with E-state index in [1.165, 1.54) is 22.3 Å². The van der Waals surface area contributed by atoms with Gasteiger partial charge >= 0.3 is 248 Å². The third-order valence-corrected chi connectivity index (χ3v) is 9.11. The van der Waals surface area contributed by atoms with E-state index in [0.29, 0.717) is 6.42 Å². The van der Waals surface area contributed by atoms with Crippen LogP contribution in [-0.2, 0) is 15.9 Å². The Morgan fingerprint density at radius 3 is 2.12 bits per heavy atom. The van der Waals surface area contributed by atoms with Crippen molar-refractivity contribution < 1.29 is 19.1 Å². The van der Waals surface area contributed by atoms with E-state index in [9.17, 15) is 9.59 Å². The molecular weight excluding hydrogens is 581 g/mol. The van der Waals surface area contributed by atoms with Gasteiger partial charge in [-0.1, -0.05) is 0 Å². The Bertz CT molecular complexity index is 1470. The van der Waals surface area contributed by atoms with Crippen LogP contribution in [0.4, 0.5) is 9.59 Å². The number of hydrogen-bond acceptors (Lipinski definition) is 5. The molecule has 0 fully saturated rings. The summed E-state index contributed by atoms with van der Waals surface area (Å²) >= 11 is -0.0735. The van der Waals surface area contributed by atoms with Crippen LogP contribution in [0.3, 0.4) is 0 Å². The van der Waals surface area contributed by atoms with Crippen molar-refractivity contribution in [1.82, 2.24) is 15.6 Å². The number of nitrogens with one attached hydrogen (secondary N) is 2. The number of hydrogen-bond donors (Lipinski definition) is 2. The average molecular weight is 617 g/mol. The van der Waals surface area contributed by atoms with E-state index < -0.39 is 17.8 Å². The molecule has 7 nitrogen and oxygen atoms in total. The predicted molar refractivity (Wildman–Crippen MR) is 160 cm³/mol. The molecule has 0 saturated carbocycles. The topological polar surface area (TPSA) is 89.5 Å². The maximum atomic E-state index is 12.9. The molecule has 8 heteroatoms. The van der Waals surface area contributed by atoms with Gasteiger partial charge in [0.1, 0.15) is 0 Å². The van der Waals surface area contributed by atoms with Crippen molar-refractivity contribution in [3.63, 3.8) is 0 Å². The fourth-order valence-corrected chi connectivity index (χ4v) is 6.91. The van der Waals surface area contributed by atoms with Gasteiger partial charge in [0.2, 0.25) is 0 Å². The summed E-state index contributed by atoms with van der Waals surface area (Å²) in [6, 6.07) is 25.8. The summed E-state index contributed by atoms with van der Waals surface area (Å²) in [4.78, 5) is 32.4. The summed E-state index contributed by atoms with van der Waals surface area (Å²) in [5.41, 5.74) is 5.98. The Morgan fingerprint density at radius 1 is 0.878 bits per heavy atom. The predicted octanol–water partition coefficient (Wildman–Crippen LogP) is 6.55. The number of aromatic nitrogens is 1. The van der Waals surface area contributed by atoms with Crippen molar-refractivity contribution in [3.05, 3.63) is 111 Å². The second-order valence-corrected chi connectivity index (χ2v) is 13.1. The van der Waals surface area contributed by atoms with E-state index in [1.54, 1.807) is 0 Å². The molecule has 3 aromatic carbocycles. The zero-order valence-corrected chi connectivity index (χ0v) is 25.4. The van der Waals surface area contributed by atoms with Crippen LogP contribution in [0, 0.1) is 0 Å². The van der Waals surface area contributed by atoms with E-state index in [4.69, 9.17) is 14.5 Å². The molecule has 0 unspecified atom stereocenters. The minimum atomic E-state index is -0.606. The Hall–Kier alpha value is -3.87. The number of benzene rings is 3. The summed E-state index contributed by atoms with van der Waals surface area (Å²) in [5.74, 6) is 0.00226. The molecular formula is C33H35N3O4Se. The Morgan fingerprint density at radius 2 is 1.49 bits per heavy atom. The molecule has 1 aliphatic rings. The van der Waals surface area contributed by atoms with Crippen LogP contribution in [0.5, 0.6) is 0 Å². The van der Waals surface area contributed by atoms with Crippen LogP contribution in [0.2, 0.25) is 0 Å². The molecule has 2 atom stereocenters. The Kier molecular flexibility index (Phi) is 8.62. The van der Waals surface area contributed by atoms with E-state index in [0.717, 1.165) is 15.8 Å². The van der Waals surface area contributed by atoms with Gasteiger partial charge in [-0.15, -0.1) is 0 Å². The maximum absolute atomic E-state index is 12.9. The summed E-state index contributed by atoms with van der Waals surface area (Å²) in [6.07, 6.45) is -0.383. The fourth-order valence-electron chi connectivity index (χ4n) is 5.07. The summed E-state index contributed by atoms with van der Waals surface area (Å²) in [6.45, 7) is 7.68. The van der Waals surface area contributed by atoms with Gasteiger partial charge in [0, 0.05) is 0 Å². The van der Waals surface area contributed by atoms with Gasteiger partial charge in [-0.3, -0.25) is 0 Å². The van der Waals surface area contributed by atoms with Crippen LogP contribution in [0.1, 0.15) is 72.6 Å². The zero-order chi connectivity index (χ0) is 29.0. The van der Waals surface area contributed by atoms with Gasteiger partial charge in [-0.2, -0.15) is 0 Å². The molecule has 0 saturated heterocycles. The van der Waals surface area contributed by atoms with Crippen LogP contribution < -0.4 is 10.6 Å². The zero-order valence-electron chi connectivity index (χ0n) is 23.7. The number of amides is 2. The number of alkyl carbamates (subject to hydrolysis) is 2. The quantitative estimate of drug-likeness (QED) is 0.219. The first kappa shape index (κ1) is 28.7. The summed E-state index contributed by atoms with van der Waals surface area (Å²) in [7, 11) is 0. The molecule has 1 aliphatic carbocycles. The molecule has 0 aliphatic heterocycles. The minimum absolute atomic E-state index is 0.00226. The second-order valence-electron chi connectivity index (χ2n) is 11.2. The molecule has 1 heterocycles. The monoisotopic (exact) mass is 617 g/mol. The Labute approximate surface area is 247 Å². The average Bonchev–Trinajstić information content (AvgIpc) is 3.55. The number of fused-ring (bicyclic) bond motifs is 3. The normalized spacial score (nSPS) is 14.0. The van der Waals surface area contributed by atoms with Gasteiger partial charge in [0.05, 0.1) is 0 Å². The first-order chi connectivity index (χ1) is 19.7. The number of rotatable bonds is 8. The molecule has 0 bridgehead atoms. The third kappa shape index (κ3) is 7.07. The third-order valence-electron chi connectivity index (χ3n) is 6.92. The van der Waals surface area contributed by atoms with Crippen LogP contribution in [-0.4, -0.2) is 43.9 Å². The van der Waals surface area contributed by atoms with Crippen molar-refractivity contribution in [2.75, 3.05) is 6.61 Å². The molecule has 5 rings (SSSR count). The SMILES string of the molecule is C[C@H](NC(=O)OCC1c2ccccc2-c2ccccc21)c1nc([C@H](Cc2ccccc2)NC(=O)OC(C)(C)C)c[se]1. The molecule has 4 aromatic rings. The van der Waals surface area contributed by atoms with Crippen LogP contribution >= 0.6 is 0 Å². The van der Waals surface area contributed by atoms with Gasteiger partial charge in [-0.25, -0.2) is 0 Å². The fraction of sp³-hybridized carbons (Fsp3) is 0.303. The Balaban J connectivity index is 1.23. The number of carbonyl (C=O) groups is 2. The van der Waals surface area contributed by atoms with E-state index in [-0.39, 0.29) is 39.1 Å². The van der Waals surface area contributed by atoms with E-state index >= 15 is 0 Å². The summed E-state index contributed by atoms with van der Waals surface area (Å²) < 4.78 is 12.1. The number of ether oxygens (including phenoxy) is 2. The van der Waals surface area contributed by atoms with E-state index in [1.807, 2.05) is 82.3 Å². The molecule has 2 amide bonds. The standard InChI is InChI=1S/C33H35N3O4Se/c1-21(34-31(37)39-19-27-25-16-10-8-14-23(25)24-15-9-11-17-26(24)27)30-35-29(20-41-30)28(18-22-12-6-5-7-13-22)36-32(38)40-33(2,3)4/h5-17,20-21,27-28H,18-19H2,1-4H3,(H,34,37)(H,36,38)/t21-,28-/m0/s1. The summed E-state index contributed by atoms with van der Waals surface area (Å²) in [5, 5.41) is 5.95. The molecule has 2 N–H and O–H groups in total. The number of nitrogens with zero attached hydrogens (tertiary/aromatic N) is 1. The van der Waals surface area contributed by atoms with Crippen molar-refractivity contribution in [1.29, 1.82) is 0 Å². The number of carbonyl (C=O) groups excluding carboxylic acids is 2. The van der Waals surface area contributed by atoms with Crippen LogP contribution in [0.25, 0.3) is 11.1 Å². The van der Waals surface area contributed by atoms with Crippen molar-refractivity contribution in [2.24, 2.45) is 0 Å². The van der Waals surface area contributed by atoms with Gasteiger partial charge in [-0.05, 0) is 0 Å².